The summed E-state index contributed by atoms with van der Waals surface area (Å²) in [6.45, 7) is 2.85. The van der Waals surface area contributed by atoms with E-state index in [-0.39, 0.29) is 5.69 Å². The predicted octanol–water partition coefficient (Wildman–Crippen LogP) is -0.365. The normalized spacial score (nSPS) is 10.1. The van der Waals surface area contributed by atoms with Gasteiger partial charge in [0.2, 0.25) is 0 Å². The van der Waals surface area contributed by atoms with Gasteiger partial charge in [-0.05, 0) is 5.75 Å². The Morgan fingerprint density at radius 3 is 3.21 bits per heavy atom. The van der Waals surface area contributed by atoms with Crippen LogP contribution in [0.15, 0.2) is 6.20 Å². The number of hydrogen-bond donors (Lipinski definition) is 2. The number of amides is 1. The highest BCUT2D eigenvalue weighted by atomic mass is 32.2. The molecule has 1 rings (SSSR count). The molecule has 0 radical (unpaired) electrons. The number of nitrogen functional groups attached to an aromatic ring is 1. The van der Waals surface area contributed by atoms with Crippen LogP contribution in [-0.4, -0.2) is 32.4 Å². The number of carbonyl (C=O) groups excluding carboxylic acids is 1. The molecule has 0 unspecified atom stereocenters. The van der Waals surface area contributed by atoms with Crippen molar-refractivity contribution in [1.82, 2.24) is 20.4 Å². The minimum Gasteiger partial charge on any atom is -0.289 e. The Morgan fingerprint density at radius 1 is 1.79 bits per heavy atom. The van der Waals surface area contributed by atoms with Crippen molar-refractivity contribution in [1.29, 1.82) is 0 Å². The van der Waals surface area contributed by atoms with Crippen LogP contribution < -0.4 is 11.3 Å². The second kappa shape index (κ2) is 5.61. The standard InChI is InChI=1S/C7H13N5OS/c1-2-14-4-3-12-5-6(10-11-12)7(13)9-8/h5H,2-4,8H2,1H3,(H,9,13). The molecule has 14 heavy (non-hydrogen) atoms. The van der Waals surface area contributed by atoms with Crippen molar-refractivity contribution in [2.45, 2.75) is 13.5 Å². The fourth-order valence-electron chi connectivity index (χ4n) is 0.888. The molecule has 0 spiro atoms. The number of carbonyl (C=O) groups is 1. The fraction of sp³-hybridized carbons (Fsp3) is 0.571. The van der Waals surface area contributed by atoms with Crippen molar-refractivity contribution >= 4 is 17.7 Å². The van der Waals surface area contributed by atoms with Gasteiger partial charge in [0.1, 0.15) is 0 Å². The zero-order valence-corrected chi connectivity index (χ0v) is 8.75. The first-order chi connectivity index (χ1) is 6.77. The lowest BCUT2D eigenvalue weighted by molar-refractivity contribution is 0.0948. The van der Waals surface area contributed by atoms with Gasteiger partial charge in [-0.2, -0.15) is 11.8 Å². The summed E-state index contributed by atoms with van der Waals surface area (Å²) in [7, 11) is 0. The van der Waals surface area contributed by atoms with E-state index >= 15 is 0 Å². The highest BCUT2D eigenvalue weighted by Crippen LogP contribution is 2.00. The van der Waals surface area contributed by atoms with Crippen molar-refractivity contribution in [2.75, 3.05) is 11.5 Å². The highest BCUT2D eigenvalue weighted by Gasteiger charge is 2.07. The number of hydrogen-bond acceptors (Lipinski definition) is 5. The zero-order chi connectivity index (χ0) is 10.4. The maximum atomic E-state index is 11.0. The number of aromatic nitrogens is 3. The van der Waals surface area contributed by atoms with Crippen molar-refractivity contribution in [2.24, 2.45) is 5.84 Å². The largest absolute Gasteiger partial charge is 0.289 e. The van der Waals surface area contributed by atoms with Gasteiger partial charge in [0, 0.05) is 5.75 Å². The Morgan fingerprint density at radius 2 is 2.57 bits per heavy atom. The lowest BCUT2D eigenvalue weighted by Gasteiger charge is -1.97. The average Bonchev–Trinajstić information content (AvgIpc) is 2.66. The van der Waals surface area contributed by atoms with Gasteiger partial charge in [-0.25, -0.2) is 5.84 Å². The van der Waals surface area contributed by atoms with E-state index in [1.54, 1.807) is 10.9 Å². The first-order valence-corrected chi connectivity index (χ1v) is 5.42. The number of nitrogens with zero attached hydrogens (tertiary/aromatic N) is 3. The topological polar surface area (TPSA) is 85.8 Å². The number of rotatable bonds is 5. The van der Waals surface area contributed by atoms with Crippen molar-refractivity contribution in [3.05, 3.63) is 11.9 Å². The van der Waals surface area contributed by atoms with E-state index in [0.29, 0.717) is 0 Å². The quantitative estimate of drug-likeness (QED) is 0.303. The molecule has 1 aromatic heterocycles. The monoisotopic (exact) mass is 215 g/mol. The lowest BCUT2D eigenvalue weighted by atomic mass is 10.5. The van der Waals surface area contributed by atoms with Gasteiger partial charge < -0.3 is 0 Å². The molecule has 1 amide bonds. The molecule has 0 saturated heterocycles. The van der Waals surface area contributed by atoms with Gasteiger partial charge in [-0.3, -0.25) is 14.9 Å². The maximum Gasteiger partial charge on any atom is 0.287 e. The number of hydrazine groups is 1. The SMILES string of the molecule is CCSCCn1cc(C(=O)NN)nn1. The summed E-state index contributed by atoms with van der Waals surface area (Å²) in [6, 6.07) is 0. The Balaban J connectivity index is 2.46. The summed E-state index contributed by atoms with van der Waals surface area (Å²) in [5, 5.41) is 7.47. The van der Waals surface area contributed by atoms with Crippen LogP contribution in [0.4, 0.5) is 0 Å². The second-order valence-electron chi connectivity index (χ2n) is 2.54. The van der Waals surface area contributed by atoms with E-state index in [9.17, 15) is 4.79 Å². The number of thioether (sulfide) groups is 1. The molecule has 6 nitrogen and oxygen atoms in total. The molecular weight excluding hydrogens is 202 g/mol. The van der Waals surface area contributed by atoms with Gasteiger partial charge >= 0.3 is 0 Å². The van der Waals surface area contributed by atoms with E-state index in [0.717, 1.165) is 18.1 Å². The van der Waals surface area contributed by atoms with E-state index in [4.69, 9.17) is 5.84 Å². The third-order valence-corrected chi connectivity index (χ3v) is 2.45. The van der Waals surface area contributed by atoms with Gasteiger partial charge in [0.05, 0.1) is 12.7 Å². The Hall–Kier alpha value is -1.08. The molecular formula is C7H13N5OS. The van der Waals surface area contributed by atoms with Crippen LogP contribution in [0.25, 0.3) is 0 Å². The summed E-state index contributed by atoms with van der Waals surface area (Å²) in [6.07, 6.45) is 1.58. The molecule has 0 aliphatic heterocycles. The number of aryl methyl sites for hydroxylation is 1. The van der Waals surface area contributed by atoms with Crippen molar-refractivity contribution in [3.63, 3.8) is 0 Å². The van der Waals surface area contributed by atoms with E-state index in [1.807, 2.05) is 17.2 Å². The summed E-state index contributed by atoms with van der Waals surface area (Å²) in [4.78, 5) is 11.0. The smallest absolute Gasteiger partial charge is 0.287 e. The summed E-state index contributed by atoms with van der Waals surface area (Å²) in [5.74, 6) is 6.57. The van der Waals surface area contributed by atoms with E-state index in [2.05, 4.69) is 17.2 Å². The van der Waals surface area contributed by atoms with Crippen LogP contribution in [0.3, 0.4) is 0 Å². The molecule has 0 bridgehead atoms. The number of nitrogens with one attached hydrogen (secondary N) is 1. The van der Waals surface area contributed by atoms with Crippen LogP contribution >= 0.6 is 11.8 Å². The molecule has 7 heteroatoms. The van der Waals surface area contributed by atoms with Gasteiger partial charge in [0.15, 0.2) is 5.69 Å². The van der Waals surface area contributed by atoms with Crippen LogP contribution in [-0.2, 0) is 6.54 Å². The minimum absolute atomic E-state index is 0.244. The average molecular weight is 215 g/mol. The second-order valence-corrected chi connectivity index (χ2v) is 3.93. The zero-order valence-electron chi connectivity index (χ0n) is 7.93. The Bertz CT molecular complexity index is 300. The van der Waals surface area contributed by atoms with Crippen LogP contribution in [0.2, 0.25) is 0 Å². The Kier molecular flexibility index (Phi) is 4.41. The molecule has 1 aromatic rings. The van der Waals surface area contributed by atoms with Gasteiger partial charge in [-0.1, -0.05) is 12.1 Å². The first kappa shape index (κ1) is 11.0. The lowest BCUT2D eigenvalue weighted by Crippen LogP contribution is -2.30. The molecule has 0 aromatic carbocycles. The molecule has 0 atom stereocenters. The van der Waals surface area contributed by atoms with E-state index in [1.165, 1.54) is 0 Å². The van der Waals surface area contributed by atoms with Gasteiger partial charge in [0.25, 0.3) is 5.91 Å². The number of nitrogens with two attached hydrogens (primary N) is 1. The van der Waals surface area contributed by atoms with Crippen LogP contribution in [0, 0.1) is 0 Å². The minimum atomic E-state index is -0.417. The van der Waals surface area contributed by atoms with Crippen molar-refractivity contribution < 1.29 is 4.79 Å². The maximum absolute atomic E-state index is 11.0. The summed E-state index contributed by atoms with van der Waals surface area (Å²) < 4.78 is 1.63. The summed E-state index contributed by atoms with van der Waals surface area (Å²) in [5.41, 5.74) is 2.25. The Labute approximate surface area is 86.2 Å². The fourth-order valence-corrected chi connectivity index (χ4v) is 1.49. The van der Waals surface area contributed by atoms with E-state index < -0.39 is 5.91 Å². The van der Waals surface area contributed by atoms with Crippen LogP contribution in [0.5, 0.6) is 0 Å². The molecule has 3 N–H and O–H groups in total. The third kappa shape index (κ3) is 3.00. The molecule has 0 fully saturated rings. The highest BCUT2D eigenvalue weighted by molar-refractivity contribution is 7.99. The summed E-state index contributed by atoms with van der Waals surface area (Å²) >= 11 is 1.81. The first-order valence-electron chi connectivity index (χ1n) is 4.26. The third-order valence-electron chi connectivity index (χ3n) is 1.57. The molecule has 0 aliphatic rings. The van der Waals surface area contributed by atoms with Gasteiger partial charge in [-0.15, -0.1) is 5.10 Å². The molecule has 0 saturated carbocycles. The van der Waals surface area contributed by atoms with Crippen molar-refractivity contribution in [3.8, 4) is 0 Å². The van der Waals surface area contributed by atoms with Crippen LogP contribution in [0.1, 0.15) is 17.4 Å². The molecule has 1 heterocycles. The molecule has 0 aliphatic carbocycles. The predicted molar refractivity (Wildman–Crippen MR) is 54.7 cm³/mol. The molecule has 78 valence electrons.